The molecule has 0 aliphatic rings. The minimum Gasteiger partial charge on any atom is -0.394 e. The first-order chi connectivity index (χ1) is 12.5. The number of amides is 1. The Morgan fingerprint density at radius 3 is 1.85 bits per heavy atom. The zero-order chi connectivity index (χ0) is 20.9. The summed E-state index contributed by atoms with van der Waals surface area (Å²) in [6, 6.07) is 2.32. The van der Waals surface area contributed by atoms with Crippen molar-refractivity contribution in [1.29, 1.82) is 0 Å². The summed E-state index contributed by atoms with van der Waals surface area (Å²) in [5.41, 5.74) is -1.75. The van der Waals surface area contributed by atoms with Gasteiger partial charge in [0.05, 0.1) is 28.1 Å². The van der Waals surface area contributed by atoms with Gasteiger partial charge in [0.2, 0.25) is 0 Å². The number of carbonyl (C=O) groups excluding carboxylic acids is 1. The minimum atomic E-state index is -1.91. The highest BCUT2D eigenvalue weighted by atomic mass is 16.6. The summed E-state index contributed by atoms with van der Waals surface area (Å²) in [5, 5.41) is 68.9. The normalized spacial score (nSPS) is 15.5. The highest BCUT2D eigenvalue weighted by Gasteiger charge is 2.32. The zero-order valence-corrected chi connectivity index (χ0v) is 14.1. The number of nitrogens with zero attached hydrogens (tertiary/aromatic N) is 3. The van der Waals surface area contributed by atoms with Gasteiger partial charge in [0.15, 0.2) is 0 Å². The fraction of sp³-hybridized carbons (Fsp3) is 0.500. The molecule has 150 valence electrons. The zero-order valence-electron chi connectivity index (χ0n) is 14.1. The number of hydrogen-bond donors (Lipinski definition) is 5. The Labute approximate surface area is 152 Å². The van der Waals surface area contributed by atoms with Gasteiger partial charge in [-0.05, 0) is 0 Å². The molecule has 0 saturated heterocycles. The van der Waals surface area contributed by atoms with Crippen LogP contribution in [0.15, 0.2) is 18.2 Å². The van der Waals surface area contributed by atoms with Crippen LogP contribution in [-0.4, -0.2) is 90.8 Å². The Balaban J connectivity index is 2.98. The fourth-order valence-electron chi connectivity index (χ4n) is 2.18. The molecule has 0 saturated carbocycles. The monoisotopic (exact) mass is 389 g/mol. The molecule has 1 amide bonds. The van der Waals surface area contributed by atoms with Crippen molar-refractivity contribution in [2.75, 3.05) is 20.2 Å². The van der Waals surface area contributed by atoms with Crippen molar-refractivity contribution >= 4 is 17.3 Å². The Hall–Kier alpha value is -2.71. The summed E-state index contributed by atoms with van der Waals surface area (Å²) in [7, 11) is 1.15. The van der Waals surface area contributed by atoms with Gasteiger partial charge < -0.3 is 30.4 Å². The summed E-state index contributed by atoms with van der Waals surface area (Å²) in [6.45, 7) is -1.46. The molecule has 0 aliphatic heterocycles. The SMILES string of the molecule is CN(C[C@H](O)[C@@H](O)[C@H](O)[C@H](O)CO)C(=O)c1cc([N+](=O)[O-])cc([N+](=O)[O-])c1. The topological polar surface area (TPSA) is 208 Å². The number of likely N-dealkylation sites (N-methyl/N-ethyl adjacent to an activating group) is 1. The number of rotatable bonds is 9. The van der Waals surface area contributed by atoms with E-state index in [2.05, 4.69) is 0 Å². The van der Waals surface area contributed by atoms with Crippen LogP contribution in [0.4, 0.5) is 11.4 Å². The van der Waals surface area contributed by atoms with Crippen LogP contribution in [0.3, 0.4) is 0 Å². The van der Waals surface area contributed by atoms with Gasteiger partial charge in [-0.25, -0.2) is 0 Å². The predicted molar refractivity (Wildman–Crippen MR) is 87.8 cm³/mol. The molecule has 1 aromatic rings. The minimum absolute atomic E-state index is 0.393. The second-order valence-corrected chi connectivity index (χ2v) is 5.74. The van der Waals surface area contributed by atoms with E-state index in [1.807, 2.05) is 0 Å². The largest absolute Gasteiger partial charge is 0.394 e. The molecule has 0 fully saturated rings. The standard InChI is InChI=1S/C14H19N3O10/c1-15(5-10(19)12(21)13(22)11(20)6-18)14(23)7-2-8(16(24)25)4-9(3-7)17(26)27/h2-4,10-13,18-22H,5-6H2,1H3/t10-,11+,12+,13+/m0/s1. The van der Waals surface area contributed by atoms with Crippen LogP contribution in [0.2, 0.25) is 0 Å². The van der Waals surface area contributed by atoms with Gasteiger partial charge in [-0.2, -0.15) is 0 Å². The van der Waals surface area contributed by atoms with Crippen LogP contribution in [0.25, 0.3) is 0 Å². The average Bonchev–Trinajstić information content (AvgIpc) is 2.64. The Bertz CT molecular complexity index is 680. The van der Waals surface area contributed by atoms with Gasteiger partial charge in [-0.3, -0.25) is 25.0 Å². The van der Waals surface area contributed by atoms with E-state index in [9.17, 15) is 45.4 Å². The molecular weight excluding hydrogens is 370 g/mol. The van der Waals surface area contributed by atoms with Crippen molar-refractivity contribution in [3.8, 4) is 0 Å². The van der Waals surface area contributed by atoms with Gasteiger partial charge in [-0.15, -0.1) is 0 Å². The number of aliphatic hydroxyl groups excluding tert-OH is 5. The van der Waals surface area contributed by atoms with Crippen LogP contribution >= 0.6 is 0 Å². The second kappa shape index (κ2) is 9.29. The van der Waals surface area contributed by atoms with Gasteiger partial charge >= 0.3 is 0 Å². The molecule has 0 aliphatic carbocycles. The van der Waals surface area contributed by atoms with E-state index >= 15 is 0 Å². The van der Waals surface area contributed by atoms with E-state index in [-0.39, 0.29) is 0 Å². The lowest BCUT2D eigenvalue weighted by atomic mass is 10.0. The predicted octanol–water partition coefficient (Wildman–Crippen LogP) is -1.99. The molecule has 5 N–H and O–H groups in total. The molecule has 27 heavy (non-hydrogen) atoms. The first kappa shape index (κ1) is 22.3. The molecule has 0 unspecified atom stereocenters. The van der Waals surface area contributed by atoms with Crippen LogP contribution in [0, 0.1) is 20.2 Å². The lowest BCUT2D eigenvalue weighted by molar-refractivity contribution is -0.394. The molecule has 0 aromatic heterocycles. The van der Waals surface area contributed by atoms with E-state index in [0.717, 1.165) is 24.1 Å². The number of benzene rings is 1. The number of nitro groups is 2. The summed E-state index contributed by atoms with van der Waals surface area (Å²) in [6.07, 6.45) is -7.28. The molecule has 0 spiro atoms. The van der Waals surface area contributed by atoms with Crippen molar-refractivity contribution in [3.63, 3.8) is 0 Å². The molecule has 0 radical (unpaired) electrons. The van der Waals surface area contributed by atoms with Crippen molar-refractivity contribution < 1.29 is 40.2 Å². The van der Waals surface area contributed by atoms with E-state index in [1.54, 1.807) is 0 Å². The Morgan fingerprint density at radius 2 is 1.44 bits per heavy atom. The third kappa shape index (κ3) is 5.63. The highest BCUT2D eigenvalue weighted by Crippen LogP contribution is 2.23. The lowest BCUT2D eigenvalue weighted by Crippen LogP contribution is -2.49. The maximum atomic E-state index is 12.3. The number of aliphatic hydroxyl groups is 5. The van der Waals surface area contributed by atoms with Crippen molar-refractivity contribution in [2.45, 2.75) is 24.4 Å². The number of nitro benzene ring substituents is 2. The van der Waals surface area contributed by atoms with Crippen LogP contribution in [0.5, 0.6) is 0 Å². The van der Waals surface area contributed by atoms with Gasteiger partial charge in [-0.1, -0.05) is 0 Å². The smallest absolute Gasteiger partial charge is 0.277 e. The molecular formula is C14H19N3O10. The molecule has 4 atom stereocenters. The summed E-state index contributed by atoms with van der Waals surface area (Å²) < 4.78 is 0. The Morgan fingerprint density at radius 1 is 1.00 bits per heavy atom. The number of non-ortho nitro benzene ring substituents is 2. The summed E-state index contributed by atoms with van der Waals surface area (Å²) >= 11 is 0. The Kier molecular flexibility index (Phi) is 7.68. The molecule has 13 heteroatoms. The molecule has 0 bridgehead atoms. The fourth-order valence-corrected chi connectivity index (χ4v) is 2.18. The maximum absolute atomic E-state index is 12.3. The summed E-state index contributed by atoms with van der Waals surface area (Å²) in [5.74, 6) is -0.926. The third-order valence-corrected chi connectivity index (χ3v) is 3.70. The quantitative estimate of drug-likeness (QED) is 0.232. The lowest BCUT2D eigenvalue weighted by Gasteiger charge is -2.28. The second-order valence-electron chi connectivity index (χ2n) is 5.74. The molecule has 0 heterocycles. The number of hydrogen-bond acceptors (Lipinski definition) is 10. The maximum Gasteiger partial charge on any atom is 0.277 e. The van der Waals surface area contributed by atoms with Gasteiger partial charge in [0, 0.05) is 25.7 Å². The van der Waals surface area contributed by atoms with Crippen LogP contribution < -0.4 is 0 Å². The van der Waals surface area contributed by atoms with Crippen LogP contribution in [-0.2, 0) is 0 Å². The van der Waals surface area contributed by atoms with E-state index in [1.165, 1.54) is 0 Å². The first-order valence-corrected chi connectivity index (χ1v) is 7.52. The van der Waals surface area contributed by atoms with Crippen molar-refractivity contribution in [1.82, 2.24) is 4.90 Å². The van der Waals surface area contributed by atoms with Gasteiger partial charge in [0.25, 0.3) is 17.3 Å². The van der Waals surface area contributed by atoms with Crippen LogP contribution in [0.1, 0.15) is 10.4 Å². The molecule has 1 aromatic carbocycles. The third-order valence-electron chi connectivity index (χ3n) is 3.70. The first-order valence-electron chi connectivity index (χ1n) is 7.52. The molecule has 13 nitrogen and oxygen atoms in total. The average molecular weight is 389 g/mol. The summed E-state index contributed by atoms with van der Waals surface area (Å²) in [4.78, 5) is 33.1. The van der Waals surface area contributed by atoms with Crippen molar-refractivity contribution in [2.24, 2.45) is 0 Å². The van der Waals surface area contributed by atoms with E-state index in [0.29, 0.717) is 6.07 Å². The number of carbonyl (C=O) groups is 1. The van der Waals surface area contributed by atoms with E-state index < -0.39 is 70.3 Å². The molecule has 1 rings (SSSR count). The highest BCUT2D eigenvalue weighted by molar-refractivity contribution is 5.95. The van der Waals surface area contributed by atoms with E-state index in [4.69, 9.17) is 5.11 Å². The van der Waals surface area contributed by atoms with Crippen molar-refractivity contribution in [3.05, 3.63) is 44.0 Å². The van der Waals surface area contributed by atoms with Gasteiger partial charge in [0.1, 0.15) is 24.4 Å².